The van der Waals surface area contributed by atoms with Crippen molar-refractivity contribution in [2.75, 3.05) is 0 Å². The van der Waals surface area contributed by atoms with Crippen molar-refractivity contribution in [3.8, 4) is 0 Å². The molecule has 1 heteroatoms. The Bertz CT molecular complexity index is 266. The first-order chi connectivity index (χ1) is 5.81. The molecule has 4 atom stereocenters. The molecule has 3 aliphatic rings. The first kappa shape index (κ1) is 6.88. The fourth-order valence-corrected chi connectivity index (χ4v) is 3.15. The van der Waals surface area contributed by atoms with E-state index in [0.29, 0.717) is 5.92 Å². The lowest BCUT2D eigenvalue weighted by molar-refractivity contribution is 0.0740. The molecule has 2 bridgehead atoms. The highest BCUT2D eigenvalue weighted by Crippen LogP contribution is 2.56. The standard InChI is InChI=1S/C11H13F/c12-11-6-2-1-3-10(11)8-4-5-9(11)7-8/h1,3-5,8-10H,2,6-7H2. The van der Waals surface area contributed by atoms with Gasteiger partial charge < -0.3 is 0 Å². The minimum absolute atomic E-state index is 0.209. The summed E-state index contributed by atoms with van der Waals surface area (Å²) in [6, 6.07) is 0. The summed E-state index contributed by atoms with van der Waals surface area (Å²) >= 11 is 0. The summed E-state index contributed by atoms with van der Waals surface area (Å²) in [6.45, 7) is 0. The lowest BCUT2D eigenvalue weighted by atomic mass is 9.74. The van der Waals surface area contributed by atoms with Gasteiger partial charge in [-0.2, -0.15) is 0 Å². The van der Waals surface area contributed by atoms with Gasteiger partial charge >= 0.3 is 0 Å². The molecule has 1 saturated carbocycles. The summed E-state index contributed by atoms with van der Waals surface area (Å²) in [5, 5.41) is 0. The number of alkyl halides is 1. The third kappa shape index (κ3) is 0.634. The molecule has 0 saturated heterocycles. The van der Waals surface area contributed by atoms with Crippen LogP contribution in [0.5, 0.6) is 0 Å². The van der Waals surface area contributed by atoms with Crippen LogP contribution in [-0.4, -0.2) is 5.67 Å². The van der Waals surface area contributed by atoms with Gasteiger partial charge in [0, 0.05) is 11.8 Å². The maximum absolute atomic E-state index is 14.4. The molecule has 12 heavy (non-hydrogen) atoms. The minimum Gasteiger partial charge on any atom is -0.243 e. The van der Waals surface area contributed by atoms with E-state index >= 15 is 0 Å². The molecular formula is C11H13F. The molecule has 0 spiro atoms. The Kier molecular flexibility index (Phi) is 1.15. The average Bonchev–Trinajstić information content (AvgIpc) is 2.62. The molecule has 3 rings (SSSR count). The molecule has 0 heterocycles. The summed E-state index contributed by atoms with van der Waals surface area (Å²) < 4.78 is 14.4. The Morgan fingerprint density at radius 1 is 1.25 bits per heavy atom. The second kappa shape index (κ2) is 2.01. The van der Waals surface area contributed by atoms with E-state index in [1.165, 1.54) is 0 Å². The Labute approximate surface area is 72.2 Å². The summed E-state index contributed by atoms with van der Waals surface area (Å²) in [5.74, 6) is 0.954. The summed E-state index contributed by atoms with van der Waals surface area (Å²) in [6.07, 6.45) is 11.3. The van der Waals surface area contributed by atoms with Crippen molar-refractivity contribution in [3.05, 3.63) is 24.3 Å². The molecule has 1 fully saturated rings. The van der Waals surface area contributed by atoms with Crippen LogP contribution < -0.4 is 0 Å². The minimum atomic E-state index is -0.867. The van der Waals surface area contributed by atoms with Crippen LogP contribution in [0.1, 0.15) is 19.3 Å². The van der Waals surface area contributed by atoms with Crippen LogP contribution in [0.3, 0.4) is 0 Å². The molecule has 0 amide bonds. The van der Waals surface area contributed by atoms with Crippen LogP contribution in [0, 0.1) is 17.8 Å². The Balaban J connectivity index is 2.07. The zero-order chi connectivity index (χ0) is 8.18. The second-order valence-electron chi connectivity index (χ2n) is 4.31. The smallest absolute Gasteiger partial charge is 0.124 e. The van der Waals surface area contributed by atoms with E-state index < -0.39 is 5.67 Å². The van der Waals surface area contributed by atoms with Crippen molar-refractivity contribution in [3.63, 3.8) is 0 Å². The molecule has 64 valence electrons. The van der Waals surface area contributed by atoms with E-state index in [2.05, 4.69) is 24.3 Å². The molecular weight excluding hydrogens is 151 g/mol. The number of halogens is 1. The molecule has 0 aromatic heterocycles. The Hall–Kier alpha value is -0.590. The molecule has 0 aromatic rings. The fourth-order valence-electron chi connectivity index (χ4n) is 3.15. The van der Waals surface area contributed by atoms with Crippen molar-refractivity contribution in [1.29, 1.82) is 0 Å². The highest BCUT2D eigenvalue weighted by molar-refractivity contribution is 5.26. The molecule has 0 nitrogen and oxygen atoms in total. The molecule has 4 unspecified atom stereocenters. The number of hydrogen-bond acceptors (Lipinski definition) is 0. The van der Waals surface area contributed by atoms with Crippen LogP contribution >= 0.6 is 0 Å². The first-order valence-electron chi connectivity index (χ1n) is 4.84. The molecule has 0 radical (unpaired) electrons. The van der Waals surface area contributed by atoms with Crippen molar-refractivity contribution in [2.24, 2.45) is 17.8 Å². The number of hydrogen-bond donors (Lipinski definition) is 0. The quantitative estimate of drug-likeness (QED) is 0.483. The lowest BCUT2D eigenvalue weighted by Gasteiger charge is -2.35. The predicted molar refractivity (Wildman–Crippen MR) is 46.4 cm³/mol. The normalized spacial score (nSPS) is 54.6. The van der Waals surface area contributed by atoms with Gasteiger partial charge in [-0.3, -0.25) is 0 Å². The second-order valence-corrected chi connectivity index (χ2v) is 4.31. The monoisotopic (exact) mass is 164 g/mol. The average molecular weight is 164 g/mol. The number of fused-ring (bicyclic) bond motifs is 5. The highest BCUT2D eigenvalue weighted by Gasteiger charge is 2.55. The van der Waals surface area contributed by atoms with Crippen LogP contribution in [-0.2, 0) is 0 Å². The van der Waals surface area contributed by atoms with Gasteiger partial charge in [-0.15, -0.1) is 0 Å². The molecule has 0 N–H and O–H groups in total. The topological polar surface area (TPSA) is 0 Å². The van der Waals surface area contributed by atoms with Crippen LogP contribution in [0.4, 0.5) is 4.39 Å². The van der Waals surface area contributed by atoms with E-state index in [9.17, 15) is 4.39 Å². The molecule has 3 aliphatic carbocycles. The highest BCUT2D eigenvalue weighted by atomic mass is 19.1. The van der Waals surface area contributed by atoms with Gasteiger partial charge in [-0.25, -0.2) is 4.39 Å². The van der Waals surface area contributed by atoms with Gasteiger partial charge in [-0.05, 0) is 25.2 Å². The lowest BCUT2D eigenvalue weighted by Crippen LogP contribution is -2.37. The van der Waals surface area contributed by atoms with Gasteiger partial charge in [0.1, 0.15) is 5.67 Å². The predicted octanol–water partition coefficient (Wildman–Crippen LogP) is 2.87. The van der Waals surface area contributed by atoms with E-state index in [0.717, 1.165) is 19.3 Å². The van der Waals surface area contributed by atoms with Crippen LogP contribution in [0.15, 0.2) is 24.3 Å². The maximum atomic E-state index is 14.4. The first-order valence-corrected chi connectivity index (χ1v) is 4.84. The summed E-state index contributed by atoms with van der Waals surface area (Å²) in [4.78, 5) is 0. The van der Waals surface area contributed by atoms with E-state index in [4.69, 9.17) is 0 Å². The number of allylic oxidation sites excluding steroid dienone is 4. The van der Waals surface area contributed by atoms with Crippen molar-refractivity contribution >= 4 is 0 Å². The van der Waals surface area contributed by atoms with Crippen LogP contribution in [0.2, 0.25) is 0 Å². The zero-order valence-corrected chi connectivity index (χ0v) is 7.04. The third-order valence-electron chi connectivity index (χ3n) is 3.79. The Morgan fingerprint density at radius 3 is 3.00 bits per heavy atom. The fraction of sp³-hybridized carbons (Fsp3) is 0.636. The van der Waals surface area contributed by atoms with E-state index in [1.807, 2.05) is 0 Å². The largest absolute Gasteiger partial charge is 0.243 e. The third-order valence-corrected chi connectivity index (χ3v) is 3.79. The number of rotatable bonds is 0. The zero-order valence-electron chi connectivity index (χ0n) is 7.04. The van der Waals surface area contributed by atoms with Crippen molar-refractivity contribution in [1.82, 2.24) is 0 Å². The summed E-state index contributed by atoms with van der Waals surface area (Å²) in [7, 11) is 0. The van der Waals surface area contributed by atoms with E-state index in [1.54, 1.807) is 0 Å². The summed E-state index contributed by atoms with van der Waals surface area (Å²) in [5.41, 5.74) is -0.867. The SMILES string of the molecule is FC12CCC=CC1C1C=CC2C1. The van der Waals surface area contributed by atoms with Gasteiger partial charge in [0.15, 0.2) is 0 Å². The van der Waals surface area contributed by atoms with Gasteiger partial charge in [0.25, 0.3) is 0 Å². The van der Waals surface area contributed by atoms with Gasteiger partial charge in [0.05, 0.1) is 0 Å². The van der Waals surface area contributed by atoms with Crippen LogP contribution in [0.25, 0.3) is 0 Å². The van der Waals surface area contributed by atoms with E-state index in [-0.39, 0.29) is 11.8 Å². The van der Waals surface area contributed by atoms with Crippen molar-refractivity contribution < 1.29 is 4.39 Å². The van der Waals surface area contributed by atoms with Gasteiger partial charge in [0.2, 0.25) is 0 Å². The molecule has 0 aliphatic heterocycles. The van der Waals surface area contributed by atoms with Gasteiger partial charge in [-0.1, -0.05) is 24.3 Å². The maximum Gasteiger partial charge on any atom is 0.124 e. The van der Waals surface area contributed by atoms with Crippen molar-refractivity contribution in [2.45, 2.75) is 24.9 Å². The Morgan fingerprint density at radius 2 is 2.17 bits per heavy atom. The molecule has 0 aromatic carbocycles.